The minimum atomic E-state index is -5.77. The number of alkyl halides is 6. The largest absolute Gasteiger partial charge is 0.458 e. The van der Waals surface area contributed by atoms with Gasteiger partial charge in [0.1, 0.15) is 12.4 Å². The topological polar surface area (TPSA) is 164 Å². The van der Waals surface area contributed by atoms with E-state index in [-0.39, 0.29) is 48.9 Å². The molecule has 238 valence electrons. The first-order valence-corrected chi connectivity index (χ1v) is 12.7. The summed E-state index contributed by atoms with van der Waals surface area (Å²) in [5, 5.41) is 13.1. The van der Waals surface area contributed by atoms with E-state index in [1.807, 2.05) is 6.07 Å². The number of rotatable bonds is 10. The third kappa shape index (κ3) is 10.5. The number of carbonyl (C=O) groups is 3. The first kappa shape index (κ1) is 36.0. The Hall–Kier alpha value is -5.24. The number of nitrogen functional groups attached to an aromatic ring is 1. The van der Waals surface area contributed by atoms with Gasteiger partial charge in [0.2, 0.25) is 12.5 Å². The zero-order valence-electron chi connectivity index (χ0n) is 22.7. The number of amidine groups is 1. The molecule has 1 amide bonds. The van der Waals surface area contributed by atoms with Crippen molar-refractivity contribution in [1.29, 1.82) is 5.41 Å². The molecule has 11 nitrogen and oxygen atoms in total. The smallest absolute Gasteiger partial charge is 0.384 e. The molecule has 1 aromatic heterocycles. The highest BCUT2D eigenvalue weighted by atomic mass is 35.5. The summed E-state index contributed by atoms with van der Waals surface area (Å²) in [6, 6.07) is 15.9. The minimum Gasteiger partial charge on any atom is -0.384 e. The lowest BCUT2D eigenvalue weighted by atomic mass is 10.1. The van der Waals surface area contributed by atoms with Crippen molar-refractivity contribution in [3.63, 3.8) is 0 Å². The summed E-state index contributed by atoms with van der Waals surface area (Å²) in [7, 11) is 0. The zero-order valence-corrected chi connectivity index (χ0v) is 23.5. The van der Waals surface area contributed by atoms with Crippen LogP contribution in [0.25, 0.3) is 16.1 Å². The maximum Gasteiger partial charge on any atom is 0.458 e. The molecule has 0 fully saturated rings. The summed E-state index contributed by atoms with van der Waals surface area (Å²) in [6.45, 7) is 7.25. The van der Waals surface area contributed by atoms with Gasteiger partial charge >= 0.3 is 23.9 Å². The van der Waals surface area contributed by atoms with E-state index in [1.54, 1.807) is 48.5 Å². The molecule has 0 aliphatic heterocycles. The van der Waals surface area contributed by atoms with Gasteiger partial charge in [0.15, 0.2) is 11.0 Å². The van der Waals surface area contributed by atoms with E-state index in [0.717, 1.165) is 5.56 Å². The van der Waals surface area contributed by atoms with Crippen molar-refractivity contribution < 1.29 is 40.7 Å². The van der Waals surface area contributed by atoms with Gasteiger partial charge in [0.05, 0.1) is 12.2 Å². The van der Waals surface area contributed by atoms with Crippen LogP contribution in [-0.4, -0.2) is 58.3 Å². The Morgan fingerprint density at radius 1 is 0.978 bits per heavy atom. The fourth-order valence-electron chi connectivity index (χ4n) is 3.37. The molecule has 0 aliphatic carbocycles. The van der Waals surface area contributed by atoms with E-state index in [0.29, 0.717) is 16.8 Å². The van der Waals surface area contributed by atoms with Crippen LogP contribution in [0, 0.1) is 12.0 Å². The summed E-state index contributed by atoms with van der Waals surface area (Å²) < 4.78 is 68.2. The normalized spacial score (nSPS) is 11.0. The summed E-state index contributed by atoms with van der Waals surface area (Å²) in [4.78, 5) is 52.5. The number of hydrogen-bond donors (Lipinski definition) is 4. The maximum absolute atomic E-state index is 13.1. The molecule has 0 radical (unpaired) electrons. The minimum absolute atomic E-state index is 0.0176. The number of nitrogens with two attached hydrogens (primary N) is 1. The Kier molecular flexibility index (Phi) is 12.4. The average molecular weight is 658 g/mol. The van der Waals surface area contributed by atoms with E-state index in [1.165, 1.54) is 4.57 Å². The van der Waals surface area contributed by atoms with E-state index < -0.39 is 29.5 Å². The molecule has 3 aromatic rings. The second kappa shape index (κ2) is 15.5. The Morgan fingerprint density at radius 2 is 1.53 bits per heavy atom. The van der Waals surface area contributed by atoms with E-state index in [2.05, 4.69) is 20.5 Å². The fourth-order valence-corrected chi connectivity index (χ4v) is 3.66. The maximum atomic E-state index is 13.1. The molecule has 5 N–H and O–H groups in total. The molecule has 0 saturated carbocycles. The molecule has 0 atom stereocenters. The number of anilines is 1. The van der Waals surface area contributed by atoms with E-state index >= 15 is 0 Å². The summed E-state index contributed by atoms with van der Waals surface area (Å²) in [6.07, 6.45) is -11.5. The highest BCUT2D eigenvalue weighted by Gasteiger charge is 2.54. The lowest BCUT2D eigenvalue weighted by Gasteiger charge is -2.16. The second-order valence-corrected chi connectivity index (χ2v) is 9.06. The first-order chi connectivity index (χ1) is 21.0. The zero-order chi connectivity index (χ0) is 33.9. The van der Waals surface area contributed by atoms with Crippen LogP contribution in [0.4, 0.5) is 32.2 Å². The highest BCUT2D eigenvalue weighted by molar-refractivity contribution is 6.41. The van der Waals surface area contributed by atoms with Crippen LogP contribution in [0.3, 0.4) is 0 Å². The number of hydrogen-bond acceptors (Lipinski definition) is 7. The van der Waals surface area contributed by atoms with Crippen LogP contribution in [0.15, 0.2) is 59.4 Å². The van der Waals surface area contributed by atoms with Crippen LogP contribution in [0.1, 0.15) is 11.1 Å². The number of halogens is 7. The standard InChI is InChI=1S/C23H22ClN7O2.C4F6O2/c1-27-11-12-28-22-23(33)31(19(20(24)30-22)16-5-3-2-4-6-16)14-18(32)29-13-15-7-9-17(10-8-15)21(25)26;5-3(6,7)1(11)2(12)4(8,9)10/h2-10H,11-14H2,(H3,25,26)(H,28,30)(H,29,32);. The average Bonchev–Trinajstić information content (AvgIpc) is 2.97. The lowest BCUT2D eigenvalue weighted by molar-refractivity contribution is -0.193. The molecule has 0 bridgehead atoms. The second-order valence-electron chi connectivity index (χ2n) is 8.71. The van der Waals surface area contributed by atoms with Crippen LogP contribution in [0.2, 0.25) is 5.15 Å². The quantitative estimate of drug-likeness (QED) is 0.0644. The molecule has 18 heteroatoms. The molecule has 0 aliphatic rings. The molecular formula is C27H22ClF6N7O4. The van der Waals surface area contributed by atoms with Crippen molar-refractivity contribution in [2.75, 3.05) is 18.4 Å². The van der Waals surface area contributed by atoms with Gasteiger partial charge in [0.25, 0.3) is 5.56 Å². The van der Waals surface area contributed by atoms with Gasteiger partial charge < -0.3 is 21.2 Å². The van der Waals surface area contributed by atoms with Crippen LogP contribution < -0.4 is 21.9 Å². The van der Waals surface area contributed by atoms with Crippen molar-refractivity contribution in [3.8, 4) is 11.3 Å². The third-order valence-electron chi connectivity index (χ3n) is 5.46. The number of aromatic nitrogens is 2. The number of benzene rings is 2. The van der Waals surface area contributed by atoms with Crippen molar-refractivity contribution in [3.05, 3.63) is 92.6 Å². The Bertz CT molecular complexity index is 1630. The molecular weight excluding hydrogens is 636 g/mol. The number of carbonyl (C=O) groups excluding carboxylic acids is 3. The summed E-state index contributed by atoms with van der Waals surface area (Å²) in [5.74, 6) is -7.26. The van der Waals surface area contributed by atoms with Gasteiger partial charge in [-0.3, -0.25) is 29.2 Å². The number of Topliss-reactive ketones (excluding diaryl/α,β-unsaturated/α-hetero) is 2. The van der Waals surface area contributed by atoms with Gasteiger partial charge in [-0.25, -0.2) is 11.6 Å². The summed E-state index contributed by atoms with van der Waals surface area (Å²) in [5.41, 5.74) is 7.33. The monoisotopic (exact) mass is 657 g/mol. The fraction of sp³-hybridized carbons (Fsp3) is 0.222. The summed E-state index contributed by atoms with van der Waals surface area (Å²) >= 11 is 6.42. The van der Waals surface area contributed by atoms with Gasteiger partial charge in [-0.05, 0) is 5.56 Å². The number of nitrogens with zero attached hydrogens (tertiary/aromatic N) is 3. The van der Waals surface area contributed by atoms with E-state index in [9.17, 15) is 45.5 Å². The van der Waals surface area contributed by atoms with Crippen LogP contribution in [-0.2, 0) is 27.5 Å². The number of nitrogens with one attached hydrogen (secondary N) is 3. The highest BCUT2D eigenvalue weighted by Crippen LogP contribution is 2.26. The Balaban J connectivity index is 0.000000498. The lowest BCUT2D eigenvalue weighted by Crippen LogP contribution is -2.39. The first-order valence-electron chi connectivity index (χ1n) is 12.3. The Morgan fingerprint density at radius 3 is 2.02 bits per heavy atom. The molecule has 0 unspecified atom stereocenters. The van der Waals surface area contributed by atoms with Crippen molar-refractivity contribution >= 4 is 40.7 Å². The van der Waals surface area contributed by atoms with Crippen molar-refractivity contribution in [2.45, 2.75) is 25.4 Å². The van der Waals surface area contributed by atoms with Gasteiger partial charge in [-0.1, -0.05) is 66.2 Å². The number of ketones is 2. The number of amides is 1. The van der Waals surface area contributed by atoms with Gasteiger partial charge in [-0.2, -0.15) is 26.3 Å². The molecule has 1 heterocycles. The van der Waals surface area contributed by atoms with Gasteiger partial charge in [-0.15, -0.1) is 0 Å². The molecule has 0 saturated heterocycles. The predicted molar refractivity (Wildman–Crippen MR) is 150 cm³/mol. The third-order valence-corrected chi connectivity index (χ3v) is 5.73. The van der Waals surface area contributed by atoms with E-state index in [4.69, 9.17) is 29.3 Å². The van der Waals surface area contributed by atoms with Crippen LogP contribution in [0.5, 0.6) is 0 Å². The predicted octanol–water partition coefficient (Wildman–Crippen LogP) is 3.74. The SMILES string of the molecule is O=C(C(=O)C(F)(F)F)C(F)(F)F.[C-]#[N+]CCNc1nc(Cl)c(-c2ccccc2)n(CC(=O)NCc2ccc(C(=N)N)cc2)c1=O. The molecule has 3 rings (SSSR count). The molecule has 0 spiro atoms. The van der Waals surface area contributed by atoms with Gasteiger partial charge in [0, 0.05) is 17.7 Å². The van der Waals surface area contributed by atoms with Crippen LogP contribution >= 0.6 is 11.6 Å². The Labute approximate surface area is 255 Å². The molecule has 2 aromatic carbocycles. The molecule has 45 heavy (non-hydrogen) atoms. The van der Waals surface area contributed by atoms with Crippen molar-refractivity contribution in [2.24, 2.45) is 5.73 Å². The van der Waals surface area contributed by atoms with Crippen molar-refractivity contribution in [1.82, 2.24) is 14.9 Å².